The predicted octanol–water partition coefficient (Wildman–Crippen LogP) is 2.08. The third kappa shape index (κ3) is 3.35. The SMILES string of the molecule is CC1(C)CCCN(C(=O)N2CSCC2C(=O)O)CC1. The Hall–Kier alpha value is -0.910. The van der Waals surface area contributed by atoms with Gasteiger partial charge < -0.3 is 14.9 Å². The molecule has 0 aromatic rings. The van der Waals surface area contributed by atoms with Gasteiger partial charge in [-0.05, 0) is 24.7 Å². The summed E-state index contributed by atoms with van der Waals surface area (Å²) in [7, 11) is 0. The third-order valence-electron chi connectivity index (χ3n) is 4.02. The Morgan fingerprint density at radius 3 is 2.68 bits per heavy atom. The molecule has 0 aromatic carbocycles. The molecule has 0 spiro atoms. The van der Waals surface area contributed by atoms with Crippen LogP contribution in [0.4, 0.5) is 4.79 Å². The van der Waals surface area contributed by atoms with Gasteiger partial charge in [-0.1, -0.05) is 13.8 Å². The van der Waals surface area contributed by atoms with Gasteiger partial charge in [-0.25, -0.2) is 9.59 Å². The number of carboxylic acid groups (broad SMARTS) is 1. The summed E-state index contributed by atoms with van der Waals surface area (Å²) in [5, 5.41) is 9.14. The van der Waals surface area contributed by atoms with E-state index in [0.29, 0.717) is 11.6 Å². The minimum Gasteiger partial charge on any atom is -0.480 e. The second-order valence-electron chi connectivity index (χ2n) is 6.11. The van der Waals surface area contributed by atoms with Crippen LogP contribution in [0.3, 0.4) is 0 Å². The number of carbonyl (C=O) groups is 2. The Morgan fingerprint density at radius 2 is 2.00 bits per heavy atom. The second-order valence-corrected chi connectivity index (χ2v) is 7.11. The fourth-order valence-electron chi connectivity index (χ4n) is 2.63. The predicted molar refractivity (Wildman–Crippen MR) is 75.2 cm³/mol. The molecule has 2 aliphatic heterocycles. The summed E-state index contributed by atoms with van der Waals surface area (Å²) < 4.78 is 0. The average molecular weight is 286 g/mol. The van der Waals surface area contributed by atoms with E-state index in [0.717, 1.165) is 32.4 Å². The molecule has 0 aliphatic carbocycles. The van der Waals surface area contributed by atoms with Gasteiger partial charge >= 0.3 is 12.0 Å². The highest BCUT2D eigenvalue weighted by atomic mass is 32.2. The van der Waals surface area contributed by atoms with E-state index in [1.165, 1.54) is 16.7 Å². The van der Waals surface area contributed by atoms with Gasteiger partial charge in [0, 0.05) is 18.8 Å². The number of rotatable bonds is 1. The first-order valence-corrected chi connectivity index (χ1v) is 7.92. The summed E-state index contributed by atoms with van der Waals surface area (Å²) in [6.07, 6.45) is 3.10. The number of hydrogen-bond acceptors (Lipinski definition) is 3. The molecule has 2 fully saturated rings. The molecule has 1 unspecified atom stereocenters. The zero-order valence-corrected chi connectivity index (χ0v) is 12.4. The molecule has 0 bridgehead atoms. The Kier molecular flexibility index (Phi) is 4.28. The van der Waals surface area contributed by atoms with Crippen molar-refractivity contribution in [3.8, 4) is 0 Å². The summed E-state index contributed by atoms with van der Waals surface area (Å²) in [5.74, 6) is 0.101. The molecule has 19 heavy (non-hydrogen) atoms. The van der Waals surface area contributed by atoms with E-state index >= 15 is 0 Å². The molecule has 0 saturated carbocycles. The summed E-state index contributed by atoms with van der Waals surface area (Å²) in [4.78, 5) is 26.9. The normalized spacial score (nSPS) is 27.2. The fraction of sp³-hybridized carbons (Fsp3) is 0.846. The van der Waals surface area contributed by atoms with Gasteiger partial charge in [0.25, 0.3) is 0 Å². The van der Waals surface area contributed by atoms with Crippen LogP contribution in [0, 0.1) is 5.41 Å². The lowest BCUT2D eigenvalue weighted by atomic mass is 9.85. The van der Waals surface area contributed by atoms with Crippen LogP contribution >= 0.6 is 11.8 Å². The molecule has 2 saturated heterocycles. The molecular formula is C13H22N2O3S. The van der Waals surface area contributed by atoms with Crippen molar-refractivity contribution in [2.75, 3.05) is 24.7 Å². The molecule has 0 aromatic heterocycles. The third-order valence-corrected chi connectivity index (χ3v) is 5.04. The monoisotopic (exact) mass is 286 g/mol. The maximum absolute atomic E-state index is 12.5. The lowest BCUT2D eigenvalue weighted by Gasteiger charge is -2.29. The highest BCUT2D eigenvalue weighted by Crippen LogP contribution is 2.31. The highest BCUT2D eigenvalue weighted by molar-refractivity contribution is 7.99. The van der Waals surface area contributed by atoms with Gasteiger partial charge in [0.15, 0.2) is 0 Å². The van der Waals surface area contributed by atoms with Gasteiger partial charge in [0.05, 0.1) is 5.88 Å². The minimum atomic E-state index is -0.895. The minimum absolute atomic E-state index is 0.102. The van der Waals surface area contributed by atoms with E-state index in [1.807, 2.05) is 4.90 Å². The van der Waals surface area contributed by atoms with Crippen molar-refractivity contribution >= 4 is 23.8 Å². The molecule has 1 N–H and O–H groups in total. The van der Waals surface area contributed by atoms with Crippen molar-refractivity contribution < 1.29 is 14.7 Å². The molecule has 6 heteroatoms. The number of thioether (sulfide) groups is 1. The Bertz CT molecular complexity index is 373. The summed E-state index contributed by atoms with van der Waals surface area (Å²) >= 11 is 1.51. The number of aliphatic carboxylic acids is 1. The van der Waals surface area contributed by atoms with Crippen LogP contribution in [0.15, 0.2) is 0 Å². The number of nitrogens with zero attached hydrogens (tertiary/aromatic N) is 2. The van der Waals surface area contributed by atoms with Gasteiger partial charge in [-0.15, -0.1) is 11.8 Å². The summed E-state index contributed by atoms with van der Waals surface area (Å²) in [6, 6.07) is -0.760. The molecule has 2 heterocycles. The van der Waals surface area contributed by atoms with Crippen molar-refractivity contribution in [2.45, 2.75) is 39.2 Å². The maximum Gasteiger partial charge on any atom is 0.327 e. The number of urea groups is 1. The Balaban J connectivity index is 2.01. The molecule has 108 valence electrons. The van der Waals surface area contributed by atoms with E-state index in [1.54, 1.807) is 0 Å². The zero-order valence-electron chi connectivity index (χ0n) is 11.6. The van der Waals surface area contributed by atoms with Crippen LogP contribution in [-0.4, -0.2) is 57.7 Å². The van der Waals surface area contributed by atoms with E-state index < -0.39 is 12.0 Å². The van der Waals surface area contributed by atoms with Crippen LogP contribution in [0.1, 0.15) is 33.1 Å². The molecule has 1 atom stereocenters. The van der Waals surface area contributed by atoms with Crippen LogP contribution in [0.2, 0.25) is 0 Å². The lowest BCUT2D eigenvalue weighted by Crippen LogP contribution is -2.49. The van der Waals surface area contributed by atoms with Crippen molar-refractivity contribution in [1.82, 2.24) is 9.80 Å². The van der Waals surface area contributed by atoms with Gasteiger partial charge in [-0.2, -0.15) is 0 Å². The average Bonchev–Trinajstić information content (AvgIpc) is 2.74. The van der Waals surface area contributed by atoms with E-state index in [2.05, 4.69) is 13.8 Å². The van der Waals surface area contributed by atoms with Crippen LogP contribution in [-0.2, 0) is 4.79 Å². The number of likely N-dealkylation sites (tertiary alicyclic amines) is 1. The quantitative estimate of drug-likeness (QED) is 0.801. The molecule has 2 amide bonds. The molecule has 0 radical (unpaired) electrons. The van der Waals surface area contributed by atoms with E-state index in [4.69, 9.17) is 5.11 Å². The van der Waals surface area contributed by atoms with Gasteiger partial charge in [0.1, 0.15) is 6.04 Å². The lowest BCUT2D eigenvalue weighted by molar-refractivity contribution is -0.140. The highest BCUT2D eigenvalue weighted by Gasteiger charge is 2.37. The molecule has 2 aliphatic rings. The van der Waals surface area contributed by atoms with Crippen LogP contribution < -0.4 is 0 Å². The first kappa shape index (κ1) is 14.5. The van der Waals surface area contributed by atoms with Crippen molar-refractivity contribution in [2.24, 2.45) is 5.41 Å². The van der Waals surface area contributed by atoms with Crippen molar-refractivity contribution in [1.29, 1.82) is 0 Å². The van der Waals surface area contributed by atoms with Crippen LogP contribution in [0.25, 0.3) is 0 Å². The molecular weight excluding hydrogens is 264 g/mol. The van der Waals surface area contributed by atoms with Crippen LogP contribution in [0.5, 0.6) is 0 Å². The van der Waals surface area contributed by atoms with E-state index in [9.17, 15) is 9.59 Å². The van der Waals surface area contributed by atoms with E-state index in [-0.39, 0.29) is 11.4 Å². The van der Waals surface area contributed by atoms with Gasteiger partial charge in [-0.3, -0.25) is 0 Å². The van der Waals surface area contributed by atoms with Gasteiger partial charge in [0.2, 0.25) is 0 Å². The smallest absolute Gasteiger partial charge is 0.327 e. The number of carbonyl (C=O) groups excluding carboxylic acids is 1. The Morgan fingerprint density at radius 1 is 1.26 bits per heavy atom. The Labute approximate surface area is 118 Å². The second kappa shape index (κ2) is 5.61. The number of carboxylic acids is 1. The summed E-state index contributed by atoms with van der Waals surface area (Å²) in [5.41, 5.74) is 0.279. The topological polar surface area (TPSA) is 60.9 Å². The fourth-order valence-corrected chi connectivity index (χ4v) is 3.77. The standard InChI is InChI=1S/C13H22N2O3S/c1-13(2)4-3-6-14(7-5-13)12(18)15-9-19-8-10(15)11(16)17/h10H,3-9H2,1-2H3,(H,16,17). The van der Waals surface area contributed by atoms with Crippen molar-refractivity contribution in [3.05, 3.63) is 0 Å². The number of amides is 2. The first-order chi connectivity index (χ1) is 8.91. The zero-order chi connectivity index (χ0) is 14.0. The number of hydrogen-bond donors (Lipinski definition) is 1. The van der Waals surface area contributed by atoms with Crippen molar-refractivity contribution in [3.63, 3.8) is 0 Å². The summed E-state index contributed by atoms with van der Waals surface area (Å²) in [6.45, 7) is 5.94. The molecule has 5 nitrogen and oxygen atoms in total. The largest absolute Gasteiger partial charge is 0.480 e. The first-order valence-electron chi connectivity index (χ1n) is 6.77. The maximum atomic E-state index is 12.5. The molecule has 2 rings (SSSR count).